The number of allylic oxidation sites excluding steroid dienone is 4. The molecule has 0 saturated heterocycles. The molecule has 1 aliphatic rings. The molecule has 0 amide bonds. The first-order valence-corrected chi connectivity index (χ1v) is 13.2. The van der Waals surface area contributed by atoms with E-state index >= 15 is 8.78 Å². The Labute approximate surface area is 233 Å². The fourth-order valence-electron chi connectivity index (χ4n) is 5.16. The summed E-state index contributed by atoms with van der Waals surface area (Å²) in [5.74, 6) is -1.99. The molecule has 11 heteroatoms. The van der Waals surface area contributed by atoms with E-state index in [4.69, 9.17) is 15.5 Å². The van der Waals surface area contributed by atoms with Crippen LogP contribution in [0.1, 0.15) is 45.1 Å². The molecule has 3 aromatic heterocycles. The molecule has 0 bridgehead atoms. The lowest BCUT2D eigenvalue weighted by Gasteiger charge is -2.24. The number of nitrogen functional groups attached to an aromatic ring is 1. The van der Waals surface area contributed by atoms with Gasteiger partial charge in [-0.05, 0) is 51.5 Å². The molecule has 0 saturated carbocycles. The van der Waals surface area contributed by atoms with Gasteiger partial charge in [-0.25, -0.2) is 24.0 Å². The van der Waals surface area contributed by atoms with Gasteiger partial charge in [-0.15, -0.1) is 0 Å². The fourth-order valence-corrected chi connectivity index (χ4v) is 5.16. The van der Waals surface area contributed by atoms with Crippen LogP contribution in [0.15, 0.2) is 71.8 Å². The molecule has 2 atom stereocenters. The highest BCUT2D eigenvalue weighted by Crippen LogP contribution is 2.37. The van der Waals surface area contributed by atoms with Crippen molar-refractivity contribution in [3.8, 4) is 17.0 Å². The SMILES string of the molecule is CC(C)Oc1ccc(-c2nn(C(C)c3nc4ccccc4c(=O)n3C3C=CC=CC3)c3ncnc(N)c23)c(F)c1F. The minimum Gasteiger partial charge on any atom is -0.488 e. The van der Waals surface area contributed by atoms with Gasteiger partial charge in [0.2, 0.25) is 5.82 Å². The predicted octanol–water partition coefficient (Wildman–Crippen LogP) is 5.52. The molecule has 3 heterocycles. The first-order valence-electron chi connectivity index (χ1n) is 13.2. The number of nitrogens with two attached hydrogens (primary N) is 1. The van der Waals surface area contributed by atoms with Crippen molar-refractivity contribution in [1.82, 2.24) is 29.3 Å². The van der Waals surface area contributed by atoms with Crippen LogP contribution in [0.5, 0.6) is 5.75 Å². The van der Waals surface area contributed by atoms with Crippen molar-refractivity contribution in [2.45, 2.75) is 45.4 Å². The zero-order valence-corrected chi connectivity index (χ0v) is 22.6. The summed E-state index contributed by atoms with van der Waals surface area (Å²) in [4.78, 5) is 27.2. The molecule has 41 heavy (non-hydrogen) atoms. The molecule has 0 fully saturated rings. The lowest BCUT2D eigenvalue weighted by Crippen LogP contribution is -2.31. The van der Waals surface area contributed by atoms with E-state index in [1.807, 2.05) is 37.3 Å². The number of para-hydroxylation sites is 1. The van der Waals surface area contributed by atoms with Crippen molar-refractivity contribution in [2.75, 3.05) is 5.73 Å². The predicted molar refractivity (Wildman–Crippen MR) is 153 cm³/mol. The third-order valence-electron chi connectivity index (χ3n) is 7.05. The summed E-state index contributed by atoms with van der Waals surface area (Å²) in [5, 5.41) is 5.43. The van der Waals surface area contributed by atoms with Crippen LogP contribution in [0.3, 0.4) is 0 Å². The summed E-state index contributed by atoms with van der Waals surface area (Å²) >= 11 is 0. The number of ether oxygens (including phenoxy) is 1. The quantitative estimate of drug-likeness (QED) is 0.294. The van der Waals surface area contributed by atoms with Crippen LogP contribution in [0.4, 0.5) is 14.6 Å². The zero-order valence-electron chi connectivity index (χ0n) is 22.6. The van der Waals surface area contributed by atoms with Gasteiger partial charge in [0, 0.05) is 5.56 Å². The van der Waals surface area contributed by atoms with Gasteiger partial charge in [-0.2, -0.15) is 9.49 Å². The number of fused-ring (bicyclic) bond motifs is 2. The van der Waals surface area contributed by atoms with Gasteiger partial charge in [0.15, 0.2) is 17.2 Å². The van der Waals surface area contributed by atoms with Crippen LogP contribution in [-0.4, -0.2) is 35.4 Å². The Hall–Kier alpha value is -4.93. The first-order chi connectivity index (χ1) is 19.8. The van der Waals surface area contributed by atoms with Crippen LogP contribution in [0.2, 0.25) is 0 Å². The van der Waals surface area contributed by atoms with Gasteiger partial charge in [0.1, 0.15) is 29.7 Å². The van der Waals surface area contributed by atoms with Crippen LogP contribution in [-0.2, 0) is 0 Å². The number of aromatic nitrogens is 6. The molecule has 5 aromatic rings. The third-order valence-corrected chi connectivity index (χ3v) is 7.05. The molecule has 0 aliphatic heterocycles. The summed E-state index contributed by atoms with van der Waals surface area (Å²) in [5.41, 5.74) is 6.81. The number of hydrogen-bond acceptors (Lipinski definition) is 7. The monoisotopic (exact) mass is 555 g/mol. The van der Waals surface area contributed by atoms with Crippen LogP contribution in [0.25, 0.3) is 33.2 Å². The van der Waals surface area contributed by atoms with E-state index in [1.165, 1.54) is 23.1 Å². The van der Waals surface area contributed by atoms with Gasteiger partial charge in [-0.1, -0.05) is 36.4 Å². The molecule has 2 N–H and O–H groups in total. The van der Waals surface area contributed by atoms with Crippen LogP contribution in [0, 0.1) is 11.6 Å². The maximum atomic E-state index is 15.5. The molecule has 2 aromatic carbocycles. The van der Waals surface area contributed by atoms with E-state index in [9.17, 15) is 4.79 Å². The summed E-state index contributed by atoms with van der Waals surface area (Å²) in [6, 6.07) is 8.95. The Bertz CT molecular complexity index is 1930. The smallest absolute Gasteiger partial charge is 0.262 e. The normalized spacial score (nSPS) is 15.7. The molecule has 1 aliphatic carbocycles. The Morgan fingerprint density at radius 1 is 1.05 bits per heavy atom. The summed E-state index contributed by atoms with van der Waals surface area (Å²) in [7, 11) is 0. The number of anilines is 1. The van der Waals surface area contributed by atoms with E-state index in [2.05, 4.69) is 15.1 Å². The van der Waals surface area contributed by atoms with Crippen molar-refractivity contribution >= 4 is 27.8 Å². The van der Waals surface area contributed by atoms with E-state index in [1.54, 1.807) is 36.6 Å². The molecule has 2 unspecified atom stereocenters. The highest BCUT2D eigenvalue weighted by atomic mass is 19.2. The number of nitrogens with zero attached hydrogens (tertiary/aromatic N) is 6. The van der Waals surface area contributed by atoms with E-state index in [0.717, 1.165) is 0 Å². The molecular formula is C30H27F2N7O2. The van der Waals surface area contributed by atoms with Gasteiger partial charge < -0.3 is 10.5 Å². The zero-order chi connectivity index (χ0) is 28.8. The number of benzene rings is 2. The average Bonchev–Trinajstić information content (AvgIpc) is 3.36. The first kappa shape index (κ1) is 26.3. The van der Waals surface area contributed by atoms with Crippen molar-refractivity contribution in [1.29, 1.82) is 0 Å². The van der Waals surface area contributed by atoms with Crippen LogP contribution < -0.4 is 16.0 Å². The minimum absolute atomic E-state index is 0.0509. The highest BCUT2D eigenvalue weighted by molar-refractivity contribution is 5.98. The summed E-state index contributed by atoms with van der Waals surface area (Å²) in [6.45, 7) is 5.26. The Balaban J connectivity index is 1.58. The van der Waals surface area contributed by atoms with Crippen molar-refractivity contribution in [3.05, 3.63) is 94.8 Å². The van der Waals surface area contributed by atoms with Gasteiger partial charge in [0.05, 0.1) is 28.4 Å². The van der Waals surface area contributed by atoms with E-state index < -0.39 is 17.7 Å². The summed E-state index contributed by atoms with van der Waals surface area (Å²) < 4.78 is 39.1. The number of halogens is 2. The number of hydrogen-bond donors (Lipinski definition) is 1. The minimum atomic E-state index is -1.13. The van der Waals surface area contributed by atoms with Gasteiger partial charge >= 0.3 is 0 Å². The van der Waals surface area contributed by atoms with Crippen molar-refractivity contribution in [2.24, 2.45) is 0 Å². The third kappa shape index (κ3) is 4.43. The highest BCUT2D eigenvalue weighted by Gasteiger charge is 2.28. The van der Waals surface area contributed by atoms with Gasteiger partial charge in [-0.3, -0.25) is 9.36 Å². The Morgan fingerprint density at radius 2 is 1.85 bits per heavy atom. The Morgan fingerprint density at radius 3 is 2.61 bits per heavy atom. The van der Waals surface area contributed by atoms with Crippen LogP contribution >= 0.6 is 0 Å². The molecule has 6 rings (SSSR count). The van der Waals surface area contributed by atoms with Crippen molar-refractivity contribution < 1.29 is 13.5 Å². The maximum absolute atomic E-state index is 15.5. The average molecular weight is 556 g/mol. The van der Waals surface area contributed by atoms with Crippen molar-refractivity contribution in [3.63, 3.8) is 0 Å². The molecule has 208 valence electrons. The van der Waals surface area contributed by atoms with E-state index in [0.29, 0.717) is 23.1 Å². The second-order valence-electron chi connectivity index (χ2n) is 10.1. The lowest BCUT2D eigenvalue weighted by atomic mass is 10.1. The van der Waals surface area contributed by atoms with Gasteiger partial charge in [0.25, 0.3) is 5.56 Å². The number of rotatable bonds is 6. The topological polar surface area (TPSA) is 114 Å². The van der Waals surface area contributed by atoms with E-state index in [-0.39, 0.29) is 51.6 Å². The lowest BCUT2D eigenvalue weighted by molar-refractivity contribution is 0.228. The maximum Gasteiger partial charge on any atom is 0.262 e. The largest absolute Gasteiger partial charge is 0.488 e. The Kier molecular flexibility index (Phi) is 6.56. The molecule has 9 nitrogen and oxygen atoms in total. The second-order valence-corrected chi connectivity index (χ2v) is 10.1. The molecule has 0 spiro atoms. The standard InChI is InChI=1S/C30H27F2N7O2/c1-16(2)41-22-14-13-20(24(31)25(22)32)26-23-27(33)34-15-35-29(23)39(37-26)17(3)28-36-21-12-8-7-11-19(21)30(40)38(28)18-9-5-4-6-10-18/h4-9,11-18H,10H2,1-3H3,(H2,33,34,35). The molecular weight excluding hydrogens is 528 g/mol. The fraction of sp³-hybridized carbons (Fsp3) is 0.233. The molecule has 0 radical (unpaired) electrons. The summed E-state index contributed by atoms with van der Waals surface area (Å²) in [6.07, 6.45) is 9.28. The second kappa shape index (κ2) is 10.2.